The molecule has 0 heterocycles. The number of allylic oxidation sites excluding steroid dienone is 1. The van der Waals surface area contributed by atoms with Gasteiger partial charge in [-0.15, -0.1) is 0 Å². The van der Waals surface area contributed by atoms with E-state index in [9.17, 15) is 35.8 Å². The second kappa shape index (κ2) is 8.90. The molecule has 202 valence electrons. The fraction of sp³-hybridized carbons (Fsp3) is 0.926. The highest BCUT2D eigenvalue weighted by atomic mass is 19.4. The lowest BCUT2D eigenvalue weighted by atomic mass is 9.47. The number of hydrogen-bond acceptors (Lipinski definition) is 1. The molecule has 4 aliphatic rings. The van der Waals surface area contributed by atoms with Crippen molar-refractivity contribution >= 4 is 0 Å². The maximum atomic E-state index is 14.1. The van der Waals surface area contributed by atoms with Gasteiger partial charge in [-0.1, -0.05) is 38.8 Å². The number of fused-ring (bicyclic) bond motifs is 5. The molecule has 3 saturated carbocycles. The first-order valence-electron chi connectivity index (χ1n) is 13.2. The van der Waals surface area contributed by atoms with E-state index < -0.39 is 30.9 Å². The van der Waals surface area contributed by atoms with Crippen LogP contribution in [0.15, 0.2) is 11.6 Å². The Morgan fingerprint density at radius 2 is 1.60 bits per heavy atom. The van der Waals surface area contributed by atoms with Gasteiger partial charge < -0.3 is 5.11 Å². The van der Waals surface area contributed by atoms with Crippen LogP contribution in [0.4, 0.5) is 30.7 Å². The first kappa shape index (κ1) is 27.3. The molecule has 0 spiro atoms. The second-order valence-corrected chi connectivity index (χ2v) is 12.6. The van der Waals surface area contributed by atoms with Crippen LogP contribution in [-0.2, 0) is 0 Å². The van der Waals surface area contributed by atoms with Crippen molar-refractivity contribution in [2.75, 3.05) is 0 Å². The van der Waals surface area contributed by atoms with E-state index in [2.05, 4.69) is 19.9 Å². The summed E-state index contributed by atoms with van der Waals surface area (Å²) in [6, 6.07) is 0. The summed E-state index contributed by atoms with van der Waals surface area (Å²) in [5.41, 5.74) is -3.62. The van der Waals surface area contributed by atoms with E-state index in [4.69, 9.17) is 0 Å². The minimum atomic E-state index is -5.96. The lowest BCUT2D eigenvalue weighted by Gasteiger charge is -2.58. The van der Waals surface area contributed by atoms with Crippen molar-refractivity contribution in [1.82, 2.24) is 0 Å². The van der Waals surface area contributed by atoms with Crippen LogP contribution in [0, 0.1) is 40.4 Å². The van der Waals surface area contributed by atoms with E-state index in [1.807, 2.05) is 6.92 Å². The average molecular weight is 513 g/mol. The highest BCUT2D eigenvalue weighted by Crippen LogP contribution is 2.67. The van der Waals surface area contributed by atoms with Crippen LogP contribution >= 0.6 is 0 Å². The average Bonchev–Trinajstić information content (AvgIpc) is 3.09. The molecule has 35 heavy (non-hydrogen) atoms. The van der Waals surface area contributed by atoms with Crippen molar-refractivity contribution in [1.29, 1.82) is 0 Å². The molecular weight excluding hydrogens is 473 g/mol. The summed E-state index contributed by atoms with van der Waals surface area (Å²) < 4.78 is 91.6. The third kappa shape index (κ3) is 4.35. The first-order valence-corrected chi connectivity index (χ1v) is 13.2. The zero-order chi connectivity index (χ0) is 26.0. The molecular formula is C27H39F7O. The molecule has 0 aromatic heterocycles. The molecule has 0 bridgehead atoms. The van der Waals surface area contributed by atoms with Crippen molar-refractivity contribution in [3.8, 4) is 0 Å². The van der Waals surface area contributed by atoms with Gasteiger partial charge in [-0.05, 0) is 105 Å². The van der Waals surface area contributed by atoms with E-state index in [-0.39, 0.29) is 35.2 Å². The van der Waals surface area contributed by atoms with Crippen LogP contribution in [0.25, 0.3) is 0 Å². The summed E-state index contributed by atoms with van der Waals surface area (Å²) in [6.07, 6.45) is -4.06. The monoisotopic (exact) mass is 512 g/mol. The Morgan fingerprint density at radius 3 is 2.23 bits per heavy atom. The maximum absolute atomic E-state index is 14.1. The molecule has 0 aromatic rings. The molecule has 0 radical (unpaired) electrons. The Balaban J connectivity index is 1.43. The summed E-state index contributed by atoms with van der Waals surface area (Å²) >= 11 is 0. The molecule has 1 nitrogen and oxygen atoms in total. The van der Waals surface area contributed by atoms with Crippen LogP contribution < -0.4 is 0 Å². The molecule has 4 aliphatic carbocycles. The van der Waals surface area contributed by atoms with E-state index in [0.717, 1.165) is 51.4 Å². The van der Waals surface area contributed by atoms with Gasteiger partial charge in [0.15, 0.2) is 0 Å². The molecule has 0 aromatic carbocycles. The smallest absolute Gasteiger partial charge is 0.393 e. The third-order valence-corrected chi connectivity index (χ3v) is 10.9. The summed E-state index contributed by atoms with van der Waals surface area (Å²) in [5.74, 6) is 1.76. The Morgan fingerprint density at radius 1 is 0.943 bits per heavy atom. The third-order valence-electron chi connectivity index (χ3n) is 10.9. The molecule has 0 saturated heterocycles. The van der Waals surface area contributed by atoms with Crippen molar-refractivity contribution in [2.24, 2.45) is 40.4 Å². The topological polar surface area (TPSA) is 20.2 Å². The van der Waals surface area contributed by atoms with E-state index in [1.165, 1.54) is 5.57 Å². The number of halogens is 7. The molecule has 4 rings (SSSR count). The molecule has 1 N–H and O–H groups in total. The van der Waals surface area contributed by atoms with Crippen molar-refractivity contribution < 1.29 is 35.8 Å². The standard InChI is InChI=1S/C27H39F7O/c1-16(5-4-12-25(28,26(29,30)31)27(32,33)34)20-8-9-21-19-7-6-17-15-18(35)10-13-23(17,2)22(19)11-14-24(20,21)3/h6,16,18-22,35H,4-5,7-15H2,1-3H3/t16-,18?,19?,20-,21+,22+,23?,24?/m1/s1. The predicted octanol–water partition coefficient (Wildman–Crippen LogP) is 8.57. The number of aliphatic hydroxyl groups excluding tert-OH is 1. The number of aliphatic hydroxyl groups is 1. The maximum Gasteiger partial charge on any atom is 0.431 e. The van der Waals surface area contributed by atoms with E-state index in [0.29, 0.717) is 17.8 Å². The SMILES string of the molecule is C[C@H](CCCC(F)(C(F)(F)F)C(F)(F)F)[C@H]1CC[C@H]2C3CC=C4CC(O)CCC4(C)[C@H]3CCC12C. The van der Waals surface area contributed by atoms with Gasteiger partial charge >= 0.3 is 12.4 Å². The van der Waals surface area contributed by atoms with Crippen LogP contribution in [0.5, 0.6) is 0 Å². The van der Waals surface area contributed by atoms with Gasteiger partial charge in [-0.2, -0.15) is 26.3 Å². The van der Waals surface area contributed by atoms with Gasteiger partial charge in [0.1, 0.15) is 0 Å². The molecule has 3 fully saturated rings. The summed E-state index contributed by atoms with van der Waals surface area (Å²) in [7, 11) is 0. The number of hydrogen-bond donors (Lipinski definition) is 1. The van der Waals surface area contributed by atoms with Crippen molar-refractivity contribution in [3.63, 3.8) is 0 Å². The first-order chi connectivity index (χ1) is 16.0. The molecule has 0 amide bonds. The van der Waals surface area contributed by atoms with Gasteiger partial charge in [-0.3, -0.25) is 0 Å². The lowest BCUT2D eigenvalue weighted by Crippen LogP contribution is -2.53. The Hall–Kier alpha value is -0.790. The van der Waals surface area contributed by atoms with Crippen LogP contribution in [0.2, 0.25) is 0 Å². The van der Waals surface area contributed by atoms with Crippen LogP contribution in [0.1, 0.15) is 91.4 Å². The lowest BCUT2D eigenvalue weighted by molar-refractivity contribution is -0.343. The van der Waals surface area contributed by atoms with Gasteiger partial charge in [0.2, 0.25) is 0 Å². The normalized spacial score (nSPS) is 41.0. The van der Waals surface area contributed by atoms with Crippen molar-refractivity contribution in [2.45, 2.75) is 116 Å². The van der Waals surface area contributed by atoms with Gasteiger partial charge in [0.25, 0.3) is 5.67 Å². The minimum Gasteiger partial charge on any atom is -0.393 e. The van der Waals surface area contributed by atoms with E-state index >= 15 is 0 Å². The summed E-state index contributed by atoms with van der Waals surface area (Å²) in [5, 5.41) is 10.2. The highest BCUT2D eigenvalue weighted by molar-refractivity contribution is 5.25. The zero-order valence-electron chi connectivity index (χ0n) is 20.9. The summed E-state index contributed by atoms with van der Waals surface area (Å²) in [6.45, 7) is 6.55. The molecule has 0 aliphatic heterocycles. The molecule has 4 unspecified atom stereocenters. The minimum absolute atomic E-state index is 0.0112. The molecule has 8 heteroatoms. The Bertz CT molecular complexity index is 803. The fourth-order valence-electron chi connectivity index (χ4n) is 8.93. The summed E-state index contributed by atoms with van der Waals surface area (Å²) in [4.78, 5) is 0. The number of alkyl halides is 7. The predicted molar refractivity (Wildman–Crippen MR) is 120 cm³/mol. The Labute approximate surface area is 203 Å². The quantitative estimate of drug-likeness (QED) is 0.289. The largest absolute Gasteiger partial charge is 0.431 e. The zero-order valence-corrected chi connectivity index (χ0v) is 20.9. The van der Waals surface area contributed by atoms with Gasteiger partial charge in [0.05, 0.1) is 6.10 Å². The fourth-order valence-corrected chi connectivity index (χ4v) is 8.93. The second-order valence-electron chi connectivity index (χ2n) is 12.6. The van der Waals surface area contributed by atoms with Crippen molar-refractivity contribution in [3.05, 3.63) is 11.6 Å². The Kier molecular flexibility index (Phi) is 6.93. The van der Waals surface area contributed by atoms with Crippen LogP contribution in [-0.4, -0.2) is 29.2 Å². The number of rotatable bonds is 5. The highest BCUT2D eigenvalue weighted by Gasteiger charge is 2.71. The van der Waals surface area contributed by atoms with E-state index in [1.54, 1.807) is 0 Å². The van der Waals surface area contributed by atoms with Gasteiger partial charge in [0, 0.05) is 0 Å². The molecule has 8 atom stereocenters. The van der Waals surface area contributed by atoms with Gasteiger partial charge in [-0.25, -0.2) is 4.39 Å². The van der Waals surface area contributed by atoms with Crippen LogP contribution in [0.3, 0.4) is 0 Å².